The number of carbonyl (C=O) groups is 2. The monoisotopic (exact) mass is 180 g/mol. The lowest BCUT2D eigenvalue weighted by atomic mass is 10.5. The highest BCUT2D eigenvalue weighted by atomic mass is 35.5. The third-order valence-corrected chi connectivity index (χ3v) is 0.967. The lowest BCUT2D eigenvalue weighted by Gasteiger charge is -2.01. The number of alkyl carbamates (subject to hydrolysis) is 1. The summed E-state index contributed by atoms with van der Waals surface area (Å²) in [6.07, 6.45) is -0.634. The minimum Gasteiger partial charge on any atom is -0.449 e. The smallest absolute Gasteiger partial charge is 0.408 e. The highest BCUT2D eigenvalue weighted by Gasteiger charge is 2.00. The van der Waals surface area contributed by atoms with E-state index in [1.54, 1.807) is 0 Å². The van der Waals surface area contributed by atoms with E-state index in [1.807, 2.05) is 0 Å². The second-order valence-electron chi connectivity index (χ2n) is 1.62. The molecule has 64 valence electrons. The summed E-state index contributed by atoms with van der Waals surface area (Å²) >= 11 is 4.96. The van der Waals surface area contributed by atoms with Gasteiger partial charge in [0.1, 0.15) is 6.61 Å². The first-order chi connectivity index (χ1) is 5.16. The van der Waals surface area contributed by atoms with Gasteiger partial charge in [0.05, 0.1) is 13.1 Å². The molecule has 0 aromatic carbocycles. The van der Waals surface area contributed by atoms with E-state index in [0.717, 1.165) is 0 Å². The van der Waals surface area contributed by atoms with Crippen LogP contribution in [0.15, 0.2) is 0 Å². The van der Waals surface area contributed by atoms with Crippen molar-refractivity contribution in [2.45, 2.75) is 6.42 Å². The lowest BCUT2D eigenvalue weighted by Crippen LogP contribution is -2.30. The van der Waals surface area contributed by atoms with Gasteiger partial charge in [-0.3, -0.25) is 4.79 Å². The zero-order valence-electron chi connectivity index (χ0n) is 5.80. The molecule has 6 heteroatoms. The van der Waals surface area contributed by atoms with Crippen LogP contribution in [0.3, 0.4) is 0 Å². The predicted octanol–water partition coefficient (Wildman–Crippen LogP) is -0.216. The number of hydrogen-bond donors (Lipinski definition) is 2. The van der Waals surface area contributed by atoms with Crippen LogP contribution in [-0.2, 0) is 9.53 Å². The Labute approximate surface area is 68.8 Å². The number of ether oxygens (including phenoxy) is 1. The van der Waals surface area contributed by atoms with Crippen molar-refractivity contribution in [2.24, 2.45) is 5.73 Å². The highest BCUT2D eigenvalue weighted by molar-refractivity contribution is 6.63. The van der Waals surface area contributed by atoms with E-state index in [-0.39, 0.29) is 19.7 Å². The first-order valence-electron chi connectivity index (χ1n) is 2.96. The topological polar surface area (TPSA) is 81.4 Å². The molecule has 0 unspecified atom stereocenters. The van der Waals surface area contributed by atoms with Gasteiger partial charge in [0.2, 0.25) is 5.24 Å². The third-order valence-electron chi connectivity index (χ3n) is 0.778. The van der Waals surface area contributed by atoms with Crippen LogP contribution in [0.4, 0.5) is 4.79 Å². The summed E-state index contributed by atoms with van der Waals surface area (Å²) in [7, 11) is 0. The maximum Gasteiger partial charge on any atom is 0.408 e. The first kappa shape index (κ1) is 10.2. The average molecular weight is 181 g/mol. The average Bonchev–Trinajstić information content (AvgIpc) is 1.87. The Morgan fingerprint density at radius 2 is 2.18 bits per heavy atom. The molecule has 0 radical (unpaired) electrons. The SMILES string of the molecule is NCNC(=O)OCCC(=O)Cl. The molecule has 5 nitrogen and oxygen atoms in total. The van der Waals surface area contributed by atoms with Crippen LogP contribution in [0.5, 0.6) is 0 Å². The first-order valence-corrected chi connectivity index (χ1v) is 3.33. The normalized spacial score (nSPS) is 8.91. The van der Waals surface area contributed by atoms with Crippen LogP contribution in [0.2, 0.25) is 0 Å². The van der Waals surface area contributed by atoms with Crippen molar-refractivity contribution in [1.82, 2.24) is 5.32 Å². The van der Waals surface area contributed by atoms with Gasteiger partial charge in [-0.15, -0.1) is 0 Å². The van der Waals surface area contributed by atoms with E-state index < -0.39 is 11.3 Å². The fourth-order valence-electron chi connectivity index (χ4n) is 0.358. The zero-order chi connectivity index (χ0) is 8.69. The van der Waals surface area contributed by atoms with Crippen molar-refractivity contribution in [3.8, 4) is 0 Å². The maximum atomic E-state index is 10.5. The van der Waals surface area contributed by atoms with Crippen LogP contribution in [0, 0.1) is 0 Å². The van der Waals surface area contributed by atoms with Crippen LogP contribution >= 0.6 is 11.6 Å². The fraction of sp³-hybridized carbons (Fsp3) is 0.600. The van der Waals surface area contributed by atoms with E-state index in [9.17, 15) is 9.59 Å². The molecule has 0 saturated carbocycles. The molecule has 0 saturated heterocycles. The summed E-state index contributed by atoms with van der Waals surface area (Å²) in [5.74, 6) is 0. The fourth-order valence-corrected chi connectivity index (χ4v) is 0.435. The van der Waals surface area contributed by atoms with Crippen molar-refractivity contribution in [3.63, 3.8) is 0 Å². The van der Waals surface area contributed by atoms with Gasteiger partial charge in [-0.05, 0) is 11.6 Å². The number of nitrogens with two attached hydrogens (primary N) is 1. The van der Waals surface area contributed by atoms with E-state index in [4.69, 9.17) is 17.3 Å². The Morgan fingerprint density at radius 3 is 2.64 bits per heavy atom. The largest absolute Gasteiger partial charge is 0.449 e. The molecule has 0 aliphatic carbocycles. The molecule has 0 atom stereocenters. The zero-order valence-corrected chi connectivity index (χ0v) is 6.56. The van der Waals surface area contributed by atoms with E-state index in [0.29, 0.717) is 0 Å². The molecule has 1 amide bonds. The van der Waals surface area contributed by atoms with Gasteiger partial charge < -0.3 is 15.8 Å². The lowest BCUT2D eigenvalue weighted by molar-refractivity contribution is -0.112. The summed E-state index contributed by atoms with van der Waals surface area (Å²) in [6.45, 7) is -0.0121. The Kier molecular flexibility index (Phi) is 5.50. The van der Waals surface area contributed by atoms with Crippen molar-refractivity contribution < 1.29 is 14.3 Å². The molecule has 0 rings (SSSR count). The third kappa shape index (κ3) is 7.08. The van der Waals surface area contributed by atoms with Crippen LogP contribution in [0.1, 0.15) is 6.42 Å². The van der Waals surface area contributed by atoms with Gasteiger partial charge in [-0.2, -0.15) is 0 Å². The van der Waals surface area contributed by atoms with Crippen LogP contribution in [0.25, 0.3) is 0 Å². The molecule has 0 aliphatic rings. The van der Waals surface area contributed by atoms with Crippen molar-refractivity contribution >= 4 is 22.9 Å². The van der Waals surface area contributed by atoms with Crippen LogP contribution in [-0.4, -0.2) is 24.6 Å². The molecule has 0 aromatic rings. The molecule has 0 bridgehead atoms. The molecule has 0 spiro atoms. The second kappa shape index (κ2) is 5.94. The highest BCUT2D eigenvalue weighted by Crippen LogP contribution is 1.89. The minimum atomic E-state index is -0.648. The molecule has 0 aliphatic heterocycles. The summed E-state index contributed by atoms with van der Waals surface area (Å²) in [5.41, 5.74) is 4.96. The Morgan fingerprint density at radius 1 is 1.55 bits per heavy atom. The van der Waals surface area contributed by atoms with Gasteiger partial charge in [0, 0.05) is 0 Å². The van der Waals surface area contributed by atoms with Gasteiger partial charge >= 0.3 is 6.09 Å². The molecular formula is C5H9ClN2O3. The second-order valence-corrected chi connectivity index (χ2v) is 2.04. The standard InChI is InChI=1S/C5H9ClN2O3/c6-4(9)1-2-11-5(10)8-3-7/h1-3,7H2,(H,8,10). The summed E-state index contributed by atoms with van der Waals surface area (Å²) in [6, 6.07) is 0. The Balaban J connectivity index is 3.24. The van der Waals surface area contributed by atoms with E-state index >= 15 is 0 Å². The van der Waals surface area contributed by atoms with Crippen LogP contribution < -0.4 is 11.1 Å². The van der Waals surface area contributed by atoms with E-state index in [2.05, 4.69) is 10.1 Å². The van der Waals surface area contributed by atoms with Gasteiger partial charge in [0.25, 0.3) is 0 Å². The Bertz CT molecular complexity index is 151. The summed E-state index contributed by atoms with van der Waals surface area (Å²) in [4.78, 5) is 20.6. The van der Waals surface area contributed by atoms with Crippen molar-refractivity contribution in [2.75, 3.05) is 13.3 Å². The molecule has 3 N–H and O–H groups in total. The molecule has 11 heavy (non-hydrogen) atoms. The van der Waals surface area contributed by atoms with Gasteiger partial charge in [-0.1, -0.05) is 0 Å². The molecule has 0 aromatic heterocycles. The quantitative estimate of drug-likeness (QED) is 0.463. The van der Waals surface area contributed by atoms with Crippen molar-refractivity contribution in [1.29, 1.82) is 0 Å². The van der Waals surface area contributed by atoms with Gasteiger partial charge in [0.15, 0.2) is 0 Å². The van der Waals surface area contributed by atoms with E-state index in [1.165, 1.54) is 0 Å². The minimum absolute atomic E-state index is 0.00759. The number of rotatable bonds is 4. The predicted molar refractivity (Wildman–Crippen MR) is 39.0 cm³/mol. The number of halogens is 1. The summed E-state index contributed by atoms with van der Waals surface area (Å²) < 4.78 is 4.46. The molecule has 0 heterocycles. The number of amides is 1. The summed E-state index contributed by atoms with van der Waals surface area (Å²) in [5, 5.41) is 1.64. The van der Waals surface area contributed by atoms with Gasteiger partial charge in [-0.25, -0.2) is 4.79 Å². The number of hydrogen-bond acceptors (Lipinski definition) is 4. The number of nitrogens with one attached hydrogen (secondary N) is 1. The number of carbonyl (C=O) groups excluding carboxylic acids is 2. The Hall–Kier alpha value is -0.810. The molecular weight excluding hydrogens is 172 g/mol. The van der Waals surface area contributed by atoms with Crippen molar-refractivity contribution in [3.05, 3.63) is 0 Å². The maximum absolute atomic E-state index is 10.5. The molecule has 0 fully saturated rings.